The fourth-order valence-corrected chi connectivity index (χ4v) is 3.40. The van der Waals surface area contributed by atoms with Crippen LogP contribution in [-0.4, -0.2) is 36.5 Å². The quantitative estimate of drug-likeness (QED) is 0.885. The molecule has 0 aliphatic carbocycles. The van der Waals surface area contributed by atoms with Crippen LogP contribution in [0.5, 0.6) is 0 Å². The van der Waals surface area contributed by atoms with Gasteiger partial charge in [-0.05, 0) is 38.5 Å². The van der Waals surface area contributed by atoms with Gasteiger partial charge in [-0.2, -0.15) is 0 Å². The lowest BCUT2D eigenvalue weighted by atomic mass is 10.0. The lowest BCUT2D eigenvalue weighted by molar-refractivity contribution is -0.101. The predicted octanol–water partition coefficient (Wildman–Crippen LogP) is 2.44. The Bertz CT molecular complexity index is 477. The highest BCUT2D eigenvalue weighted by Gasteiger charge is 2.33. The summed E-state index contributed by atoms with van der Waals surface area (Å²) in [6.45, 7) is 7.61. The Morgan fingerprint density at radius 2 is 2.25 bits per heavy atom. The molecule has 1 fully saturated rings. The van der Waals surface area contributed by atoms with Crippen LogP contribution >= 0.6 is 15.9 Å². The summed E-state index contributed by atoms with van der Waals surface area (Å²) in [5.41, 5.74) is 7.89. The monoisotopic (exact) mass is 342 g/mol. The minimum Gasteiger partial charge on any atom is -0.394 e. The fourth-order valence-electron chi connectivity index (χ4n) is 2.67. The van der Waals surface area contributed by atoms with Gasteiger partial charge in [0.1, 0.15) is 0 Å². The fraction of sp³-hybridized carbons (Fsp3) is 0.600. The summed E-state index contributed by atoms with van der Waals surface area (Å²) in [6.07, 6.45) is -0.148. The van der Waals surface area contributed by atoms with Crippen LogP contribution in [0.25, 0.3) is 0 Å². The average molecular weight is 343 g/mol. The first kappa shape index (κ1) is 15.8. The Morgan fingerprint density at radius 3 is 2.80 bits per heavy atom. The van der Waals surface area contributed by atoms with Crippen molar-refractivity contribution in [3.05, 3.63) is 28.2 Å². The maximum Gasteiger partial charge on any atom is 0.0988 e. The molecular weight excluding hydrogens is 320 g/mol. The summed E-state index contributed by atoms with van der Waals surface area (Å²) in [5.74, 6) is 0. The molecular formula is C15H23BrN2O2. The van der Waals surface area contributed by atoms with Gasteiger partial charge >= 0.3 is 0 Å². The molecule has 0 spiro atoms. The number of benzene rings is 1. The summed E-state index contributed by atoms with van der Waals surface area (Å²) >= 11 is 3.59. The summed E-state index contributed by atoms with van der Waals surface area (Å²) in [6, 6.07) is 6.23. The van der Waals surface area contributed by atoms with Crippen LogP contribution < -0.4 is 10.6 Å². The highest BCUT2D eigenvalue weighted by Crippen LogP contribution is 2.31. The zero-order chi connectivity index (χ0) is 14.9. The largest absolute Gasteiger partial charge is 0.394 e. The first-order valence-electron chi connectivity index (χ1n) is 6.91. The minimum absolute atomic E-state index is 0.00439. The second-order valence-corrected chi connectivity index (χ2v) is 6.91. The number of halogens is 1. The number of aliphatic hydroxyl groups is 1. The van der Waals surface area contributed by atoms with E-state index in [2.05, 4.69) is 39.0 Å². The predicted molar refractivity (Wildman–Crippen MR) is 85.0 cm³/mol. The molecule has 1 aliphatic rings. The number of rotatable bonds is 3. The Morgan fingerprint density at radius 1 is 1.55 bits per heavy atom. The maximum absolute atomic E-state index is 9.38. The first-order valence-corrected chi connectivity index (χ1v) is 7.70. The molecule has 1 unspecified atom stereocenters. The summed E-state index contributed by atoms with van der Waals surface area (Å²) in [4.78, 5) is 2.25. The van der Waals surface area contributed by atoms with Gasteiger partial charge in [0.25, 0.3) is 0 Å². The van der Waals surface area contributed by atoms with Crippen molar-refractivity contribution >= 4 is 21.6 Å². The van der Waals surface area contributed by atoms with Crippen molar-refractivity contribution in [2.75, 3.05) is 24.6 Å². The van der Waals surface area contributed by atoms with Crippen molar-refractivity contribution in [1.82, 2.24) is 0 Å². The van der Waals surface area contributed by atoms with Gasteiger partial charge < -0.3 is 20.5 Å². The van der Waals surface area contributed by atoms with Crippen LogP contribution in [-0.2, 0) is 4.74 Å². The van der Waals surface area contributed by atoms with Crippen LogP contribution in [0.1, 0.15) is 32.4 Å². The molecule has 1 aromatic carbocycles. The second-order valence-electron chi connectivity index (χ2n) is 6.06. The summed E-state index contributed by atoms with van der Waals surface area (Å²) in [5, 5.41) is 9.38. The molecule has 20 heavy (non-hydrogen) atoms. The number of ether oxygens (including phenoxy) is 1. The molecule has 1 aromatic rings. The average Bonchev–Trinajstić information content (AvgIpc) is 2.36. The number of anilines is 1. The van der Waals surface area contributed by atoms with Gasteiger partial charge in [-0.25, -0.2) is 0 Å². The molecule has 0 amide bonds. The molecule has 3 N–H and O–H groups in total. The van der Waals surface area contributed by atoms with Crippen LogP contribution in [0.4, 0.5) is 5.69 Å². The molecule has 1 aliphatic heterocycles. The number of hydrogen-bond acceptors (Lipinski definition) is 4. The number of nitrogens with two attached hydrogens (primary N) is 1. The van der Waals surface area contributed by atoms with E-state index in [0.717, 1.165) is 22.3 Å². The lowest BCUT2D eigenvalue weighted by Gasteiger charge is -2.43. The van der Waals surface area contributed by atoms with E-state index in [9.17, 15) is 5.11 Å². The molecule has 5 heteroatoms. The molecule has 0 bridgehead atoms. The summed E-state index contributed by atoms with van der Waals surface area (Å²) < 4.78 is 6.87. The van der Waals surface area contributed by atoms with Crippen molar-refractivity contribution in [2.24, 2.45) is 5.73 Å². The SMILES string of the molecule is C[C@H](N)c1ccc(N2CC(CO)OC(C)(C)C2)cc1Br. The van der Waals surface area contributed by atoms with Gasteiger partial charge in [-0.1, -0.05) is 22.0 Å². The van der Waals surface area contributed by atoms with Crippen molar-refractivity contribution in [1.29, 1.82) is 0 Å². The van der Waals surface area contributed by atoms with Gasteiger partial charge in [-0.3, -0.25) is 0 Å². The molecule has 1 saturated heterocycles. The standard InChI is InChI=1S/C15H23BrN2O2/c1-10(17)13-5-4-11(6-14(13)16)18-7-12(8-19)20-15(2,3)9-18/h4-6,10,12,19H,7-9,17H2,1-3H3/t10-,12?/m0/s1. The summed E-state index contributed by atoms with van der Waals surface area (Å²) in [7, 11) is 0. The molecule has 0 aromatic heterocycles. The molecule has 2 rings (SSSR count). The van der Waals surface area contributed by atoms with Crippen molar-refractivity contribution < 1.29 is 9.84 Å². The van der Waals surface area contributed by atoms with E-state index in [4.69, 9.17) is 10.5 Å². The third-order valence-electron chi connectivity index (χ3n) is 3.52. The number of hydrogen-bond donors (Lipinski definition) is 2. The number of morpholine rings is 1. The van der Waals surface area contributed by atoms with Crippen LogP contribution in [0.2, 0.25) is 0 Å². The molecule has 2 atom stereocenters. The maximum atomic E-state index is 9.38. The van der Waals surface area contributed by atoms with E-state index in [1.807, 2.05) is 20.8 Å². The van der Waals surface area contributed by atoms with E-state index >= 15 is 0 Å². The normalized spacial score (nSPS) is 23.7. The Hall–Kier alpha value is -0.620. The van der Waals surface area contributed by atoms with E-state index in [1.165, 1.54) is 0 Å². The zero-order valence-corrected chi connectivity index (χ0v) is 13.9. The van der Waals surface area contributed by atoms with Gasteiger partial charge in [-0.15, -0.1) is 0 Å². The molecule has 112 valence electrons. The van der Waals surface area contributed by atoms with Crippen LogP contribution in [0, 0.1) is 0 Å². The van der Waals surface area contributed by atoms with Crippen LogP contribution in [0.3, 0.4) is 0 Å². The number of nitrogens with zero attached hydrogens (tertiary/aromatic N) is 1. The molecule has 1 heterocycles. The highest BCUT2D eigenvalue weighted by molar-refractivity contribution is 9.10. The zero-order valence-electron chi connectivity index (χ0n) is 12.3. The van der Waals surface area contributed by atoms with Gasteiger partial charge in [0.15, 0.2) is 0 Å². The lowest BCUT2D eigenvalue weighted by Crippen LogP contribution is -2.54. The Balaban J connectivity index is 2.24. The Labute approximate surface area is 129 Å². The number of aliphatic hydroxyl groups excluding tert-OH is 1. The molecule has 0 radical (unpaired) electrons. The van der Waals surface area contributed by atoms with E-state index in [0.29, 0.717) is 6.54 Å². The van der Waals surface area contributed by atoms with E-state index < -0.39 is 0 Å². The molecule has 0 saturated carbocycles. The first-order chi connectivity index (χ1) is 9.32. The third kappa shape index (κ3) is 3.52. The minimum atomic E-state index is -0.266. The van der Waals surface area contributed by atoms with Crippen molar-refractivity contribution in [3.8, 4) is 0 Å². The highest BCUT2D eigenvalue weighted by atomic mass is 79.9. The topological polar surface area (TPSA) is 58.7 Å². The van der Waals surface area contributed by atoms with Crippen molar-refractivity contribution in [2.45, 2.75) is 38.5 Å². The smallest absolute Gasteiger partial charge is 0.0988 e. The van der Waals surface area contributed by atoms with Crippen LogP contribution in [0.15, 0.2) is 22.7 Å². The van der Waals surface area contributed by atoms with Crippen molar-refractivity contribution in [3.63, 3.8) is 0 Å². The second kappa shape index (κ2) is 6.02. The van der Waals surface area contributed by atoms with Gasteiger partial charge in [0, 0.05) is 29.3 Å². The Kier molecular flexibility index (Phi) is 4.74. The van der Waals surface area contributed by atoms with E-state index in [-0.39, 0.29) is 24.4 Å². The molecule has 4 nitrogen and oxygen atoms in total. The van der Waals surface area contributed by atoms with Gasteiger partial charge in [0.05, 0.1) is 18.3 Å². The van der Waals surface area contributed by atoms with Gasteiger partial charge in [0.2, 0.25) is 0 Å². The van der Waals surface area contributed by atoms with E-state index in [1.54, 1.807) is 0 Å². The third-order valence-corrected chi connectivity index (χ3v) is 4.21.